The number of methoxy groups -OCH3 is 1. The van der Waals surface area contributed by atoms with Gasteiger partial charge in [0.25, 0.3) is 5.78 Å². The fraction of sp³-hybridized carbons (Fsp3) is 0.158. The lowest BCUT2D eigenvalue weighted by molar-refractivity contribution is -0.135. The van der Waals surface area contributed by atoms with Crippen LogP contribution >= 0.6 is 0 Å². The molecule has 0 fully saturated rings. The summed E-state index contributed by atoms with van der Waals surface area (Å²) in [5, 5.41) is 0.694. The SMILES string of the molecule is COC(=O)C(=O)c1cn(C)c2cc(OCc3ccccc3)ccc12. The van der Waals surface area contributed by atoms with Gasteiger partial charge in [-0.25, -0.2) is 4.79 Å². The quantitative estimate of drug-likeness (QED) is 0.411. The molecule has 1 heterocycles. The van der Waals surface area contributed by atoms with Gasteiger partial charge in [-0.2, -0.15) is 0 Å². The maximum absolute atomic E-state index is 12.1. The first-order valence-electron chi connectivity index (χ1n) is 7.48. The van der Waals surface area contributed by atoms with Gasteiger partial charge in [-0.15, -0.1) is 0 Å². The summed E-state index contributed by atoms with van der Waals surface area (Å²) in [5.74, 6) is -0.822. The minimum absolute atomic E-state index is 0.328. The van der Waals surface area contributed by atoms with Crippen LogP contribution in [0, 0.1) is 0 Å². The Morgan fingerprint density at radius 2 is 1.83 bits per heavy atom. The number of hydrogen-bond acceptors (Lipinski definition) is 4. The van der Waals surface area contributed by atoms with Crippen LogP contribution < -0.4 is 4.74 Å². The molecule has 122 valence electrons. The van der Waals surface area contributed by atoms with E-state index in [2.05, 4.69) is 4.74 Å². The predicted octanol–water partition coefficient (Wildman–Crippen LogP) is 3.11. The molecule has 0 spiro atoms. The van der Waals surface area contributed by atoms with Crippen LogP contribution in [0.15, 0.2) is 54.7 Å². The van der Waals surface area contributed by atoms with Crippen molar-refractivity contribution in [3.05, 3.63) is 65.9 Å². The maximum atomic E-state index is 12.1. The third-order valence-corrected chi connectivity index (χ3v) is 3.83. The van der Waals surface area contributed by atoms with E-state index in [1.54, 1.807) is 22.9 Å². The Morgan fingerprint density at radius 1 is 1.08 bits per heavy atom. The van der Waals surface area contributed by atoms with Gasteiger partial charge in [0.05, 0.1) is 18.2 Å². The van der Waals surface area contributed by atoms with Crippen molar-refractivity contribution >= 4 is 22.7 Å². The molecular weight excluding hydrogens is 306 g/mol. The molecule has 5 nitrogen and oxygen atoms in total. The first-order valence-corrected chi connectivity index (χ1v) is 7.48. The van der Waals surface area contributed by atoms with Crippen molar-refractivity contribution in [2.24, 2.45) is 7.05 Å². The van der Waals surface area contributed by atoms with Crippen LogP contribution in [0.3, 0.4) is 0 Å². The largest absolute Gasteiger partial charge is 0.489 e. The van der Waals surface area contributed by atoms with Crippen LogP contribution in [0.5, 0.6) is 5.75 Å². The summed E-state index contributed by atoms with van der Waals surface area (Å²) in [4.78, 5) is 23.6. The van der Waals surface area contributed by atoms with Crippen molar-refractivity contribution in [2.45, 2.75) is 6.61 Å². The molecule has 0 saturated heterocycles. The van der Waals surface area contributed by atoms with E-state index in [-0.39, 0.29) is 0 Å². The molecule has 0 amide bonds. The van der Waals surface area contributed by atoms with E-state index >= 15 is 0 Å². The summed E-state index contributed by atoms with van der Waals surface area (Å²) in [6.07, 6.45) is 1.63. The molecule has 24 heavy (non-hydrogen) atoms. The minimum Gasteiger partial charge on any atom is -0.489 e. The van der Waals surface area contributed by atoms with Gasteiger partial charge in [-0.3, -0.25) is 4.79 Å². The summed E-state index contributed by atoms with van der Waals surface area (Å²) < 4.78 is 12.1. The van der Waals surface area contributed by atoms with Gasteiger partial charge in [0.1, 0.15) is 12.4 Å². The van der Waals surface area contributed by atoms with Gasteiger partial charge in [0, 0.05) is 24.7 Å². The number of carbonyl (C=O) groups excluding carboxylic acids is 2. The van der Waals surface area contributed by atoms with Crippen molar-refractivity contribution in [1.82, 2.24) is 4.57 Å². The molecule has 0 radical (unpaired) electrons. The van der Waals surface area contributed by atoms with Crippen molar-refractivity contribution in [3.8, 4) is 5.75 Å². The Bertz CT molecular complexity index is 896. The zero-order chi connectivity index (χ0) is 17.1. The molecule has 3 rings (SSSR count). The average Bonchev–Trinajstić information content (AvgIpc) is 2.96. The molecule has 2 aromatic carbocycles. The fourth-order valence-electron chi connectivity index (χ4n) is 2.58. The van der Waals surface area contributed by atoms with Crippen molar-refractivity contribution in [3.63, 3.8) is 0 Å². The third-order valence-electron chi connectivity index (χ3n) is 3.83. The lowest BCUT2D eigenvalue weighted by Crippen LogP contribution is -2.15. The summed E-state index contributed by atoms with van der Waals surface area (Å²) in [6.45, 7) is 0.463. The Hall–Kier alpha value is -3.08. The number of ether oxygens (including phenoxy) is 2. The number of ketones is 1. The number of hydrogen-bond donors (Lipinski definition) is 0. The van der Waals surface area contributed by atoms with Crippen molar-refractivity contribution in [1.29, 1.82) is 0 Å². The first kappa shape index (κ1) is 15.8. The zero-order valence-corrected chi connectivity index (χ0v) is 13.5. The van der Waals surface area contributed by atoms with Crippen LogP contribution in [0.25, 0.3) is 10.9 Å². The smallest absolute Gasteiger partial charge is 0.379 e. The number of aromatic nitrogens is 1. The van der Waals surface area contributed by atoms with E-state index in [1.807, 2.05) is 43.4 Å². The molecule has 0 aliphatic carbocycles. The van der Waals surface area contributed by atoms with E-state index in [1.165, 1.54) is 7.11 Å². The topological polar surface area (TPSA) is 57.5 Å². The second-order valence-electron chi connectivity index (χ2n) is 5.43. The molecule has 0 saturated carbocycles. The van der Waals surface area contributed by atoms with Gasteiger partial charge >= 0.3 is 5.97 Å². The number of Topliss-reactive ketones (excluding diaryl/α,β-unsaturated/α-hetero) is 1. The molecule has 0 N–H and O–H groups in total. The fourth-order valence-corrected chi connectivity index (χ4v) is 2.58. The van der Waals surface area contributed by atoms with Crippen LogP contribution in [-0.2, 0) is 23.2 Å². The van der Waals surface area contributed by atoms with Crippen molar-refractivity contribution in [2.75, 3.05) is 7.11 Å². The normalized spacial score (nSPS) is 10.6. The number of benzene rings is 2. The Kier molecular flexibility index (Phi) is 4.33. The van der Waals surface area contributed by atoms with Crippen molar-refractivity contribution < 1.29 is 19.1 Å². The number of fused-ring (bicyclic) bond motifs is 1. The highest BCUT2D eigenvalue weighted by molar-refractivity contribution is 6.43. The van der Waals surface area contributed by atoms with Gasteiger partial charge in [0.2, 0.25) is 0 Å². The molecule has 0 atom stereocenters. The van der Waals surface area contributed by atoms with Crippen LogP contribution in [0.2, 0.25) is 0 Å². The molecular formula is C19H17NO4. The molecule has 0 aliphatic heterocycles. The van der Waals surface area contributed by atoms with Gasteiger partial charge in [-0.1, -0.05) is 30.3 Å². The lowest BCUT2D eigenvalue weighted by Gasteiger charge is -2.07. The van der Waals surface area contributed by atoms with Crippen LogP contribution in [0.4, 0.5) is 0 Å². The van der Waals surface area contributed by atoms with Crippen LogP contribution in [-0.4, -0.2) is 23.4 Å². The van der Waals surface area contributed by atoms with E-state index in [9.17, 15) is 9.59 Å². The number of aryl methyl sites for hydroxylation is 1. The first-order chi connectivity index (χ1) is 11.6. The molecule has 0 aliphatic rings. The molecule has 3 aromatic rings. The monoisotopic (exact) mass is 323 g/mol. The highest BCUT2D eigenvalue weighted by Crippen LogP contribution is 2.26. The summed E-state index contributed by atoms with van der Waals surface area (Å²) in [5.41, 5.74) is 2.22. The standard InChI is InChI=1S/C19H17NO4/c1-20-11-16(18(21)19(22)23-2)15-9-8-14(10-17(15)20)24-12-13-6-4-3-5-7-13/h3-11H,12H2,1-2H3. The molecule has 5 heteroatoms. The van der Waals surface area contributed by atoms with Gasteiger partial charge in [-0.05, 0) is 17.7 Å². The van der Waals surface area contributed by atoms with Gasteiger partial charge < -0.3 is 14.0 Å². The molecule has 0 bridgehead atoms. The Morgan fingerprint density at radius 3 is 2.54 bits per heavy atom. The predicted molar refractivity (Wildman–Crippen MR) is 90.0 cm³/mol. The van der Waals surface area contributed by atoms with Gasteiger partial charge in [0.15, 0.2) is 0 Å². The summed E-state index contributed by atoms with van der Waals surface area (Å²) >= 11 is 0. The molecule has 0 unspecified atom stereocenters. The van der Waals surface area contributed by atoms with E-state index in [4.69, 9.17) is 4.74 Å². The third kappa shape index (κ3) is 3.01. The molecule has 1 aromatic heterocycles. The average molecular weight is 323 g/mol. The lowest BCUT2D eigenvalue weighted by atomic mass is 10.1. The number of carbonyl (C=O) groups is 2. The van der Waals surface area contributed by atoms with E-state index in [0.29, 0.717) is 23.3 Å². The summed E-state index contributed by atoms with van der Waals surface area (Å²) in [6, 6.07) is 15.3. The van der Waals surface area contributed by atoms with Crippen LogP contribution in [0.1, 0.15) is 15.9 Å². The second-order valence-corrected chi connectivity index (χ2v) is 5.43. The number of rotatable bonds is 5. The second kappa shape index (κ2) is 6.58. The van der Waals surface area contributed by atoms with E-state index in [0.717, 1.165) is 11.1 Å². The number of nitrogens with zero attached hydrogens (tertiary/aromatic N) is 1. The Balaban J connectivity index is 1.88. The maximum Gasteiger partial charge on any atom is 0.379 e. The Labute approximate surface area is 139 Å². The highest BCUT2D eigenvalue weighted by atomic mass is 16.5. The summed E-state index contributed by atoms with van der Waals surface area (Å²) in [7, 11) is 3.01. The van der Waals surface area contributed by atoms with E-state index < -0.39 is 11.8 Å². The number of esters is 1. The zero-order valence-electron chi connectivity index (χ0n) is 13.5. The highest BCUT2D eigenvalue weighted by Gasteiger charge is 2.21. The minimum atomic E-state index is -0.869.